The third-order valence-corrected chi connectivity index (χ3v) is 7.14. The van der Waals surface area contributed by atoms with Gasteiger partial charge in [0.2, 0.25) is 0 Å². The second kappa shape index (κ2) is 9.81. The van der Waals surface area contributed by atoms with Crippen LogP contribution in [0.15, 0.2) is 35.9 Å². The zero-order valence-electron chi connectivity index (χ0n) is 15.9. The molecular weight excluding hydrogens is 324 g/mol. The Bertz CT molecular complexity index is 514. The normalized spacial score (nSPS) is 30.6. The summed E-state index contributed by atoms with van der Waals surface area (Å²) in [6, 6.07) is 9.31. The molecule has 0 unspecified atom stereocenters. The Morgan fingerprint density at radius 1 is 0.840 bits per heavy atom. The lowest BCUT2D eigenvalue weighted by Crippen LogP contribution is -2.25. The second-order valence-corrected chi connectivity index (χ2v) is 8.73. The molecule has 138 valence electrons. The van der Waals surface area contributed by atoms with Crippen molar-refractivity contribution >= 4 is 11.6 Å². The van der Waals surface area contributed by atoms with E-state index in [1.165, 1.54) is 75.3 Å². The van der Waals surface area contributed by atoms with Crippen LogP contribution in [0.4, 0.5) is 0 Å². The SMILES string of the molecule is CCc1ccc(CCC2CCC(C3CCC(C=CCl)CC3)CC2)cc1. The molecule has 0 aromatic heterocycles. The number of rotatable bonds is 6. The molecule has 2 saturated carbocycles. The van der Waals surface area contributed by atoms with Crippen molar-refractivity contribution in [3.63, 3.8) is 0 Å². The highest BCUT2D eigenvalue weighted by atomic mass is 35.5. The molecule has 1 aromatic rings. The second-order valence-electron chi connectivity index (χ2n) is 8.48. The molecule has 0 bridgehead atoms. The Morgan fingerprint density at radius 3 is 1.96 bits per heavy atom. The molecule has 0 N–H and O–H groups in total. The summed E-state index contributed by atoms with van der Waals surface area (Å²) < 4.78 is 0. The van der Waals surface area contributed by atoms with Crippen LogP contribution < -0.4 is 0 Å². The van der Waals surface area contributed by atoms with Gasteiger partial charge in [-0.15, -0.1) is 0 Å². The molecule has 3 rings (SSSR count). The Balaban J connectivity index is 1.37. The van der Waals surface area contributed by atoms with Gasteiger partial charge in [0.05, 0.1) is 0 Å². The maximum absolute atomic E-state index is 5.74. The van der Waals surface area contributed by atoms with Gasteiger partial charge in [-0.25, -0.2) is 0 Å². The number of benzene rings is 1. The van der Waals surface area contributed by atoms with Gasteiger partial charge < -0.3 is 0 Å². The maximum atomic E-state index is 5.74. The fourth-order valence-corrected chi connectivity index (χ4v) is 5.38. The van der Waals surface area contributed by atoms with Crippen LogP contribution in [0.1, 0.15) is 75.8 Å². The van der Waals surface area contributed by atoms with E-state index in [1.807, 2.05) is 0 Å². The summed E-state index contributed by atoms with van der Waals surface area (Å²) in [4.78, 5) is 0. The molecule has 1 aromatic carbocycles. The summed E-state index contributed by atoms with van der Waals surface area (Å²) in [5, 5.41) is 0. The molecule has 0 saturated heterocycles. The van der Waals surface area contributed by atoms with Crippen LogP contribution in [-0.2, 0) is 12.8 Å². The zero-order chi connectivity index (χ0) is 17.5. The molecule has 0 spiro atoms. The number of allylic oxidation sites excluding steroid dienone is 1. The smallest absolute Gasteiger partial charge is 0.000525 e. The minimum absolute atomic E-state index is 0.754. The molecule has 0 amide bonds. The fourth-order valence-electron chi connectivity index (χ4n) is 5.17. The van der Waals surface area contributed by atoms with Gasteiger partial charge in [0, 0.05) is 5.54 Å². The van der Waals surface area contributed by atoms with E-state index >= 15 is 0 Å². The molecule has 0 aliphatic heterocycles. The number of hydrogen-bond donors (Lipinski definition) is 0. The van der Waals surface area contributed by atoms with E-state index in [4.69, 9.17) is 11.6 Å². The number of hydrogen-bond acceptors (Lipinski definition) is 0. The molecule has 2 aliphatic carbocycles. The van der Waals surface area contributed by atoms with E-state index in [-0.39, 0.29) is 0 Å². The summed E-state index contributed by atoms with van der Waals surface area (Å²) in [5.41, 5.74) is 4.72. The van der Waals surface area contributed by atoms with Crippen molar-refractivity contribution in [3.8, 4) is 0 Å². The highest BCUT2D eigenvalue weighted by Crippen LogP contribution is 2.42. The first-order chi connectivity index (χ1) is 12.3. The lowest BCUT2D eigenvalue weighted by molar-refractivity contribution is 0.153. The van der Waals surface area contributed by atoms with E-state index in [0.29, 0.717) is 0 Å². The quantitative estimate of drug-likeness (QED) is 0.492. The van der Waals surface area contributed by atoms with Gasteiger partial charge in [0.1, 0.15) is 0 Å². The van der Waals surface area contributed by atoms with Crippen LogP contribution in [0.25, 0.3) is 0 Å². The standard InChI is InChI=1S/C24H35Cl/c1-2-19-3-5-20(6-4-19)7-8-21-9-13-23(14-10-21)24-15-11-22(12-16-24)17-18-25/h3-6,17-18,21-24H,2,7-16H2,1H3. The van der Waals surface area contributed by atoms with Crippen LogP contribution in [0.3, 0.4) is 0 Å². The van der Waals surface area contributed by atoms with Crippen LogP contribution in [0.2, 0.25) is 0 Å². The first-order valence-corrected chi connectivity index (χ1v) is 11.1. The molecule has 2 fully saturated rings. The minimum Gasteiger partial charge on any atom is -0.0933 e. The van der Waals surface area contributed by atoms with Crippen molar-refractivity contribution in [2.24, 2.45) is 23.7 Å². The van der Waals surface area contributed by atoms with Gasteiger partial charge in [-0.3, -0.25) is 0 Å². The Hall–Kier alpha value is -0.750. The minimum atomic E-state index is 0.754. The fraction of sp³-hybridized carbons (Fsp3) is 0.667. The van der Waals surface area contributed by atoms with E-state index in [1.54, 1.807) is 5.54 Å². The monoisotopic (exact) mass is 358 g/mol. The van der Waals surface area contributed by atoms with Gasteiger partial charge in [-0.2, -0.15) is 0 Å². The van der Waals surface area contributed by atoms with Gasteiger partial charge in [-0.1, -0.05) is 61.7 Å². The summed E-state index contributed by atoms with van der Waals surface area (Å²) in [6.07, 6.45) is 17.5. The Kier molecular flexibility index (Phi) is 7.47. The molecule has 0 heterocycles. The van der Waals surface area contributed by atoms with Gasteiger partial charge in [0.25, 0.3) is 0 Å². The first kappa shape index (κ1) is 19.0. The largest absolute Gasteiger partial charge is 0.0933 e. The average molecular weight is 359 g/mol. The average Bonchev–Trinajstić information content (AvgIpc) is 2.68. The van der Waals surface area contributed by atoms with Crippen molar-refractivity contribution < 1.29 is 0 Å². The highest BCUT2D eigenvalue weighted by molar-refractivity contribution is 6.25. The third kappa shape index (κ3) is 5.61. The van der Waals surface area contributed by atoms with E-state index in [2.05, 4.69) is 37.3 Å². The maximum Gasteiger partial charge on any atom is 0.000525 e. The van der Waals surface area contributed by atoms with Crippen LogP contribution in [-0.4, -0.2) is 0 Å². The van der Waals surface area contributed by atoms with E-state index in [9.17, 15) is 0 Å². The lowest BCUT2D eigenvalue weighted by atomic mass is 9.68. The van der Waals surface area contributed by atoms with E-state index < -0.39 is 0 Å². The lowest BCUT2D eigenvalue weighted by Gasteiger charge is -2.37. The molecule has 0 nitrogen and oxygen atoms in total. The topological polar surface area (TPSA) is 0 Å². The van der Waals surface area contributed by atoms with Crippen molar-refractivity contribution in [3.05, 3.63) is 47.0 Å². The van der Waals surface area contributed by atoms with E-state index in [0.717, 1.165) is 30.1 Å². The van der Waals surface area contributed by atoms with Crippen molar-refractivity contribution in [2.75, 3.05) is 0 Å². The zero-order valence-corrected chi connectivity index (χ0v) is 16.7. The molecule has 1 heteroatoms. The first-order valence-electron chi connectivity index (χ1n) is 10.6. The van der Waals surface area contributed by atoms with Crippen LogP contribution in [0, 0.1) is 23.7 Å². The molecule has 0 radical (unpaired) electrons. The number of halogens is 1. The van der Waals surface area contributed by atoms with Crippen molar-refractivity contribution in [1.29, 1.82) is 0 Å². The molecule has 2 aliphatic rings. The predicted molar refractivity (Wildman–Crippen MR) is 110 cm³/mol. The molecule has 0 atom stereocenters. The third-order valence-electron chi connectivity index (χ3n) is 6.99. The van der Waals surface area contributed by atoms with Gasteiger partial charge >= 0.3 is 0 Å². The van der Waals surface area contributed by atoms with Crippen molar-refractivity contribution in [2.45, 2.75) is 77.6 Å². The predicted octanol–water partition coefficient (Wildman–Crippen LogP) is 7.55. The summed E-state index contributed by atoms with van der Waals surface area (Å²) in [5.74, 6) is 3.74. The van der Waals surface area contributed by atoms with Gasteiger partial charge in [0.15, 0.2) is 0 Å². The summed E-state index contributed by atoms with van der Waals surface area (Å²) in [7, 11) is 0. The van der Waals surface area contributed by atoms with Crippen molar-refractivity contribution in [1.82, 2.24) is 0 Å². The molecule has 25 heavy (non-hydrogen) atoms. The summed E-state index contributed by atoms with van der Waals surface area (Å²) in [6.45, 7) is 2.23. The number of aryl methyl sites for hydroxylation is 2. The van der Waals surface area contributed by atoms with Crippen LogP contribution >= 0.6 is 11.6 Å². The summed E-state index contributed by atoms with van der Waals surface area (Å²) >= 11 is 5.74. The van der Waals surface area contributed by atoms with Crippen LogP contribution in [0.5, 0.6) is 0 Å². The molecular formula is C24H35Cl. The Morgan fingerprint density at radius 2 is 1.40 bits per heavy atom. The Labute approximate surface area is 160 Å². The highest BCUT2D eigenvalue weighted by Gasteiger charge is 2.30. The van der Waals surface area contributed by atoms with Gasteiger partial charge in [-0.05, 0) is 92.6 Å².